The van der Waals surface area contributed by atoms with Gasteiger partial charge in [0.15, 0.2) is 0 Å². The Morgan fingerprint density at radius 3 is 2.50 bits per heavy atom. The molecule has 3 N–H and O–H groups in total. The minimum atomic E-state index is 0.211. The van der Waals surface area contributed by atoms with Gasteiger partial charge in [0.05, 0.1) is 0 Å². The fourth-order valence-corrected chi connectivity index (χ4v) is 2.65. The molecular formula is C15H22N2O. The van der Waals surface area contributed by atoms with Crippen molar-refractivity contribution in [1.82, 2.24) is 5.32 Å². The lowest BCUT2D eigenvalue weighted by Gasteiger charge is -2.15. The van der Waals surface area contributed by atoms with E-state index in [1.807, 2.05) is 24.3 Å². The second-order valence-corrected chi connectivity index (χ2v) is 5.25. The van der Waals surface area contributed by atoms with E-state index in [1.54, 1.807) is 0 Å². The Morgan fingerprint density at radius 2 is 1.94 bits per heavy atom. The number of carbonyl (C=O) groups excluding carboxylic acids is 1. The average molecular weight is 246 g/mol. The van der Waals surface area contributed by atoms with Gasteiger partial charge in [0, 0.05) is 19.0 Å². The topological polar surface area (TPSA) is 55.1 Å². The average Bonchev–Trinajstić information content (AvgIpc) is 2.83. The van der Waals surface area contributed by atoms with Gasteiger partial charge in [0.1, 0.15) is 0 Å². The van der Waals surface area contributed by atoms with Crippen molar-refractivity contribution in [2.24, 2.45) is 17.6 Å². The van der Waals surface area contributed by atoms with Crippen LogP contribution in [0.5, 0.6) is 0 Å². The van der Waals surface area contributed by atoms with Crippen LogP contribution in [0.2, 0.25) is 0 Å². The monoisotopic (exact) mass is 246 g/mol. The SMILES string of the molecule is CC1CCCC1C(=O)NCc1ccc(CN)cc1. The third kappa shape index (κ3) is 3.10. The van der Waals surface area contributed by atoms with Crippen LogP contribution in [0.25, 0.3) is 0 Å². The first-order chi connectivity index (χ1) is 8.70. The summed E-state index contributed by atoms with van der Waals surface area (Å²) in [7, 11) is 0. The summed E-state index contributed by atoms with van der Waals surface area (Å²) < 4.78 is 0. The first kappa shape index (κ1) is 13.1. The van der Waals surface area contributed by atoms with Crippen LogP contribution in [-0.4, -0.2) is 5.91 Å². The first-order valence-electron chi connectivity index (χ1n) is 6.76. The fraction of sp³-hybridized carbons (Fsp3) is 0.533. The van der Waals surface area contributed by atoms with Crippen LogP contribution >= 0.6 is 0 Å². The zero-order valence-corrected chi connectivity index (χ0v) is 11.0. The largest absolute Gasteiger partial charge is 0.352 e. The van der Waals surface area contributed by atoms with E-state index in [2.05, 4.69) is 12.2 Å². The van der Waals surface area contributed by atoms with Crippen LogP contribution in [0.4, 0.5) is 0 Å². The molecule has 1 aromatic rings. The Morgan fingerprint density at radius 1 is 1.28 bits per heavy atom. The summed E-state index contributed by atoms with van der Waals surface area (Å²) in [5, 5.41) is 3.04. The van der Waals surface area contributed by atoms with Gasteiger partial charge in [-0.05, 0) is 29.9 Å². The van der Waals surface area contributed by atoms with E-state index in [0.717, 1.165) is 17.5 Å². The van der Waals surface area contributed by atoms with Crippen molar-refractivity contribution in [3.05, 3.63) is 35.4 Å². The van der Waals surface area contributed by atoms with Gasteiger partial charge >= 0.3 is 0 Å². The lowest BCUT2D eigenvalue weighted by atomic mass is 9.97. The molecule has 2 atom stereocenters. The maximum absolute atomic E-state index is 12.0. The molecule has 0 spiro atoms. The minimum Gasteiger partial charge on any atom is -0.352 e. The molecular weight excluding hydrogens is 224 g/mol. The van der Waals surface area contributed by atoms with Crippen molar-refractivity contribution < 1.29 is 4.79 Å². The number of nitrogens with two attached hydrogens (primary N) is 1. The summed E-state index contributed by atoms with van der Waals surface area (Å²) in [6.07, 6.45) is 3.41. The van der Waals surface area contributed by atoms with Gasteiger partial charge in [-0.3, -0.25) is 4.79 Å². The maximum atomic E-state index is 12.0. The molecule has 0 radical (unpaired) electrons. The summed E-state index contributed by atoms with van der Waals surface area (Å²) in [5.74, 6) is 0.959. The highest BCUT2D eigenvalue weighted by molar-refractivity contribution is 5.79. The highest BCUT2D eigenvalue weighted by Crippen LogP contribution is 2.31. The van der Waals surface area contributed by atoms with Gasteiger partial charge < -0.3 is 11.1 Å². The Kier molecular flexibility index (Phi) is 4.37. The summed E-state index contributed by atoms with van der Waals surface area (Å²) in [4.78, 5) is 12.0. The van der Waals surface area contributed by atoms with Crippen molar-refractivity contribution in [2.75, 3.05) is 0 Å². The Hall–Kier alpha value is -1.35. The van der Waals surface area contributed by atoms with E-state index in [0.29, 0.717) is 19.0 Å². The second-order valence-electron chi connectivity index (χ2n) is 5.25. The minimum absolute atomic E-state index is 0.211. The normalized spacial score (nSPS) is 23.0. The highest BCUT2D eigenvalue weighted by atomic mass is 16.1. The molecule has 1 aliphatic carbocycles. The summed E-state index contributed by atoms with van der Waals surface area (Å²) in [6.45, 7) is 3.35. The molecule has 0 aromatic heterocycles. The molecule has 98 valence electrons. The van der Waals surface area contributed by atoms with Crippen molar-refractivity contribution in [1.29, 1.82) is 0 Å². The van der Waals surface area contributed by atoms with Crippen LogP contribution in [0, 0.1) is 11.8 Å². The molecule has 1 aromatic carbocycles. The number of nitrogens with one attached hydrogen (secondary N) is 1. The smallest absolute Gasteiger partial charge is 0.223 e. The van der Waals surface area contributed by atoms with Crippen molar-refractivity contribution in [2.45, 2.75) is 39.3 Å². The van der Waals surface area contributed by atoms with Crippen molar-refractivity contribution in [3.63, 3.8) is 0 Å². The molecule has 3 nitrogen and oxygen atoms in total. The summed E-state index contributed by atoms with van der Waals surface area (Å²) in [6, 6.07) is 8.08. The van der Waals surface area contributed by atoms with E-state index in [-0.39, 0.29) is 11.8 Å². The number of rotatable bonds is 4. The number of carbonyl (C=O) groups is 1. The molecule has 2 rings (SSSR count). The molecule has 18 heavy (non-hydrogen) atoms. The first-order valence-corrected chi connectivity index (χ1v) is 6.76. The van der Waals surface area contributed by atoms with Gasteiger partial charge in [0.25, 0.3) is 0 Å². The van der Waals surface area contributed by atoms with Crippen LogP contribution in [0.15, 0.2) is 24.3 Å². The van der Waals surface area contributed by atoms with Gasteiger partial charge in [-0.2, -0.15) is 0 Å². The molecule has 1 fully saturated rings. The van der Waals surface area contributed by atoms with Gasteiger partial charge in [-0.15, -0.1) is 0 Å². The summed E-state index contributed by atoms with van der Waals surface area (Å²) in [5.41, 5.74) is 7.80. The summed E-state index contributed by atoms with van der Waals surface area (Å²) >= 11 is 0. The molecule has 0 heterocycles. The number of hydrogen-bond acceptors (Lipinski definition) is 2. The second kappa shape index (κ2) is 6.01. The van der Waals surface area contributed by atoms with Gasteiger partial charge in [-0.25, -0.2) is 0 Å². The molecule has 1 aliphatic rings. The predicted molar refractivity (Wildman–Crippen MR) is 72.7 cm³/mol. The Balaban J connectivity index is 1.85. The van der Waals surface area contributed by atoms with Gasteiger partial charge in [0.2, 0.25) is 5.91 Å². The van der Waals surface area contributed by atoms with Crippen LogP contribution in [0.3, 0.4) is 0 Å². The van der Waals surface area contributed by atoms with Crippen LogP contribution in [-0.2, 0) is 17.9 Å². The lowest BCUT2D eigenvalue weighted by molar-refractivity contribution is -0.126. The third-order valence-corrected chi connectivity index (χ3v) is 3.92. The standard InChI is InChI=1S/C15H22N2O/c1-11-3-2-4-14(11)15(18)17-10-13-7-5-12(9-16)6-8-13/h5-8,11,14H,2-4,9-10,16H2,1H3,(H,17,18). The van der Waals surface area contributed by atoms with E-state index in [4.69, 9.17) is 5.73 Å². The van der Waals surface area contributed by atoms with Crippen molar-refractivity contribution in [3.8, 4) is 0 Å². The van der Waals surface area contributed by atoms with Crippen molar-refractivity contribution >= 4 is 5.91 Å². The van der Waals surface area contributed by atoms with E-state index < -0.39 is 0 Å². The third-order valence-electron chi connectivity index (χ3n) is 3.92. The lowest BCUT2D eigenvalue weighted by Crippen LogP contribution is -2.31. The number of amides is 1. The molecule has 3 heteroatoms. The molecule has 0 saturated heterocycles. The van der Waals surface area contributed by atoms with Crippen LogP contribution < -0.4 is 11.1 Å². The number of hydrogen-bond donors (Lipinski definition) is 2. The van der Waals surface area contributed by atoms with E-state index >= 15 is 0 Å². The zero-order valence-electron chi connectivity index (χ0n) is 11.0. The Bertz CT molecular complexity index is 399. The predicted octanol–water partition coefficient (Wildman–Crippen LogP) is 2.20. The molecule has 0 bridgehead atoms. The quantitative estimate of drug-likeness (QED) is 0.855. The number of benzene rings is 1. The zero-order chi connectivity index (χ0) is 13.0. The van der Waals surface area contributed by atoms with Gasteiger partial charge in [-0.1, -0.05) is 37.6 Å². The fourth-order valence-electron chi connectivity index (χ4n) is 2.65. The van der Waals surface area contributed by atoms with Crippen LogP contribution in [0.1, 0.15) is 37.3 Å². The molecule has 2 unspecified atom stereocenters. The van der Waals surface area contributed by atoms with E-state index in [1.165, 1.54) is 12.8 Å². The molecule has 1 amide bonds. The maximum Gasteiger partial charge on any atom is 0.223 e. The molecule has 0 aliphatic heterocycles. The molecule has 1 saturated carbocycles. The van der Waals surface area contributed by atoms with E-state index in [9.17, 15) is 4.79 Å². The highest BCUT2D eigenvalue weighted by Gasteiger charge is 2.29. The Labute approximate surface area is 109 Å².